The molecule has 1 saturated heterocycles. The van der Waals surface area contributed by atoms with Crippen molar-refractivity contribution in [3.8, 4) is 0 Å². The molecule has 1 aliphatic rings. The summed E-state index contributed by atoms with van der Waals surface area (Å²) < 4.78 is 1.09. The first-order valence-electron chi connectivity index (χ1n) is 4.93. The van der Waals surface area contributed by atoms with Crippen LogP contribution in [0, 0.1) is 0 Å². The second kappa shape index (κ2) is 6.96. The van der Waals surface area contributed by atoms with Crippen molar-refractivity contribution in [1.82, 2.24) is 4.90 Å². The third-order valence-electron chi connectivity index (χ3n) is 2.11. The van der Waals surface area contributed by atoms with Crippen LogP contribution in [0.15, 0.2) is 0 Å². The zero-order chi connectivity index (χ0) is 9.52. The van der Waals surface area contributed by atoms with Gasteiger partial charge >= 0.3 is 0 Å². The van der Waals surface area contributed by atoms with E-state index < -0.39 is 0 Å². The lowest BCUT2D eigenvalue weighted by Gasteiger charge is -2.21. The summed E-state index contributed by atoms with van der Waals surface area (Å²) in [6, 6.07) is 0. The standard InChI is InChI=1S/C9H17NS3/c1-2-12-13-9(11)10-7-5-3-4-6-8-10/h2-8H2,1H3. The molecular formula is C9H17NS3. The van der Waals surface area contributed by atoms with Crippen molar-refractivity contribution in [2.75, 3.05) is 18.8 Å². The highest BCUT2D eigenvalue weighted by molar-refractivity contribution is 8.83. The van der Waals surface area contributed by atoms with Gasteiger partial charge in [-0.05, 0) is 23.6 Å². The van der Waals surface area contributed by atoms with Crippen molar-refractivity contribution in [2.24, 2.45) is 0 Å². The third kappa shape index (κ3) is 4.56. The molecule has 1 fully saturated rings. The van der Waals surface area contributed by atoms with Crippen LogP contribution in [0.1, 0.15) is 32.6 Å². The van der Waals surface area contributed by atoms with Gasteiger partial charge in [0.05, 0.1) is 0 Å². The maximum atomic E-state index is 5.37. The van der Waals surface area contributed by atoms with Crippen molar-refractivity contribution in [3.05, 3.63) is 0 Å². The van der Waals surface area contributed by atoms with Crippen LogP contribution in [0.4, 0.5) is 0 Å². The minimum atomic E-state index is 1.09. The van der Waals surface area contributed by atoms with E-state index in [1.165, 1.54) is 38.8 Å². The van der Waals surface area contributed by atoms with E-state index in [0.29, 0.717) is 0 Å². The van der Waals surface area contributed by atoms with Gasteiger partial charge in [-0.2, -0.15) is 0 Å². The molecule has 0 aromatic rings. The highest BCUT2D eigenvalue weighted by atomic mass is 33.1. The Bertz CT molecular complexity index is 153. The van der Waals surface area contributed by atoms with Crippen LogP contribution in [0.2, 0.25) is 0 Å². The molecule has 13 heavy (non-hydrogen) atoms. The summed E-state index contributed by atoms with van der Waals surface area (Å²) in [6.07, 6.45) is 5.39. The third-order valence-corrected chi connectivity index (χ3v) is 5.23. The van der Waals surface area contributed by atoms with Gasteiger partial charge in [0.25, 0.3) is 0 Å². The first-order chi connectivity index (χ1) is 6.34. The SMILES string of the molecule is CCSSC(=S)N1CCCCCC1. The van der Waals surface area contributed by atoms with E-state index in [4.69, 9.17) is 12.2 Å². The number of thiocarbonyl (C=S) groups is 1. The molecule has 0 aromatic heterocycles. The lowest BCUT2D eigenvalue weighted by atomic mass is 10.2. The summed E-state index contributed by atoms with van der Waals surface area (Å²) >= 11 is 5.37. The number of hydrogen-bond donors (Lipinski definition) is 0. The van der Waals surface area contributed by atoms with Gasteiger partial charge in [-0.15, -0.1) is 0 Å². The molecule has 1 heterocycles. The Kier molecular flexibility index (Phi) is 6.24. The first kappa shape index (κ1) is 11.7. The molecule has 0 aromatic carbocycles. The lowest BCUT2D eigenvalue weighted by molar-refractivity contribution is 0.450. The molecule has 0 aliphatic carbocycles. The largest absolute Gasteiger partial charge is 0.357 e. The maximum Gasteiger partial charge on any atom is 0.147 e. The van der Waals surface area contributed by atoms with Crippen LogP contribution >= 0.6 is 33.8 Å². The van der Waals surface area contributed by atoms with Crippen LogP contribution in [-0.4, -0.2) is 28.1 Å². The number of likely N-dealkylation sites (tertiary alicyclic amines) is 1. The fourth-order valence-corrected chi connectivity index (χ4v) is 3.51. The van der Waals surface area contributed by atoms with Gasteiger partial charge in [0.1, 0.15) is 4.32 Å². The van der Waals surface area contributed by atoms with Crippen LogP contribution < -0.4 is 0 Å². The van der Waals surface area contributed by atoms with Crippen molar-refractivity contribution in [2.45, 2.75) is 32.6 Å². The summed E-state index contributed by atoms with van der Waals surface area (Å²) in [5.41, 5.74) is 0. The highest BCUT2D eigenvalue weighted by Crippen LogP contribution is 2.25. The average molecular weight is 235 g/mol. The molecule has 4 heteroatoms. The van der Waals surface area contributed by atoms with E-state index in [0.717, 1.165) is 10.1 Å². The van der Waals surface area contributed by atoms with Crippen LogP contribution in [0.3, 0.4) is 0 Å². The highest BCUT2D eigenvalue weighted by Gasteiger charge is 2.12. The van der Waals surface area contributed by atoms with Gasteiger partial charge in [-0.3, -0.25) is 0 Å². The molecule has 0 radical (unpaired) electrons. The summed E-state index contributed by atoms with van der Waals surface area (Å²) in [4.78, 5) is 2.37. The maximum absolute atomic E-state index is 5.37. The number of hydrogen-bond acceptors (Lipinski definition) is 3. The Morgan fingerprint density at radius 3 is 2.38 bits per heavy atom. The van der Waals surface area contributed by atoms with Gasteiger partial charge < -0.3 is 4.90 Å². The van der Waals surface area contributed by atoms with E-state index in [9.17, 15) is 0 Å². The summed E-state index contributed by atoms with van der Waals surface area (Å²) in [7, 11) is 3.62. The zero-order valence-electron chi connectivity index (χ0n) is 8.12. The second-order valence-corrected chi connectivity index (χ2v) is 6.38. The minimum Gasteiger partial charge on any atom is -0.357 e. The Balaban J connectivity index is 2.26. The van der Waals surface area contributed by atoms with E-state index in [1.807, 2.05) is 10.8 Å². The molecule has 0 N–H and O–H groups in total. The molecule has 1 rings (SSSR count). The van der Waals surface area contributed by atoms with E-state index in [1.54, 1.807) is 10.8 Å². The van der Waals surface area contributed by atoms with Crippen molar-refractivity contribution in [3.63, 3.8) is 0 Å². The second-order valence-electron chi connectivity index (χ2n) is 3.16. The molecule has 0 unspecified atom stereocenters. The molecule has 0 spiro atoms. The zero-order valence-corrected chi connectivity index (χ0v) is 10.6. The van der Waals surface area contributed by atoms with Crippen molar-refractivity contribution in [1.29, 1.82) is 0 Å². The van der Waals surface area contributed by atoms with E-state index >= 15 is 0 Å². The molecule has 1 nitrogen and oxygen atoms in total. The lowest BCUT2D eigenvalue weighted by Crippen LogP contribution is -2.27. The topological polar surface area (TPSA) is 3.24 Å². The summed E-state index contributed by atoms with van der Waals surface area (Å²) in [5.74, 6) is 1.14. The molecule has 0 atom stereocenters. The Hall–Kier alpha value is 0.590. The predicted octanol–water partition coefficient (Wildman–Crippen LogP) is 3.55. The summed E-state index contributed by atoms with van der Waals surface area (Å²) in [6.45, 7) is 4.52. The molecule has 76 valence electrons. The molecule has 0 amide bonds. The van der Waals surface area contributed by atoms with E-state index in [-0.39, 0.29) is 0 Å². The van der Waals surface area contributed by atoms with Crippen LogP contribution in [-0.2, 0) is 0 Å². The van der Waals surface area contributed by atoms with Crippen molar-refractivity contribution < 1.29 is 0 Å². The van der Waals surface area contributed by atoms with Crippen LogP contribution in [0.5, 0.6) is 0 Å². The number of nitrogens with zero attached hydrogens (tertiary/aromatic N) is 1. The minimum absolute atomic E-state index is 1.09. The number of rotatable bonds is 2. The monoisotopic (exact) mass is 235 g/mol. The molecular weight excluding hydrogens is 218 g/mol. The van der Waals surface area contributed by atoms with Gasteiger partial charge in [0.2, 0.25) is 0 Å². The van der Waals surface area contributed by atoms with Gasteiger partial charge in [-0.25, -0.2) is 0 Å². The Morgan fingerprint density at radius 2 is 1.85 bits per heavy atom. The quantitative estimate of drug-likeness (QED) is 0.531. The fraction of sp³-hybridized carbons (Fsp3) is 0.889. The Labute approximate surface area is 94.4 Å². The smallest absolute Gasteiger partial charge is 0.147 e. The Morgan fingerprint density at radius 1 is 1.23 bits per heavy atom. The first-order valence-corrected chi connectivity index (χ1v) is 7.65. The van der Waals surface area contributed by atoms with Crippen LogP contribution in [0.25, 0.3) is 0 Å². The van der Waals surface area contributed by atoms with Gasteiger partial charge in [0, 0.05) is 18.8 Å². The van der Waals surface area contributed by atoms with E-state index in [2.05, 4.69) is 11.8 Å². The summed E-state index contributed by atoms with van der Waals surface area (Å²) in [5, 5.41) is 0. The normalized spacial score (nSPS) is 18.4. The fourth-order valence-electron chi connectivity index (χ4n) is 1.42. The van der Waals surface area contributed by atoms with Gasteiger partial charge in [-0.1, -0.05) is 42.8 Å². The predicted molar refractivity (Wildman–Crippen MR) is 68.4 cm³/mol. The average Bonchev–Trinajstić information content (AvgIpc) is 2.42. The molecule has 0 bridgehead atoms. The molecule has 0 saturated carbocycles. The van der Waals surface area contributed by atoms with Gasteiger partial charge in [0.15, 0.2) is 0 Å². The van der Waals surface area contributed by atoms with Crippen molar-refractivity contribution >= 4 is 38.1 Å². The molecule has 1 aliphatic heterocycles.